The summed E-state index contributed by atoms with van der Waals surface area (Å²) in [5.74, 6) is 0.822. The van der Waals surface area contributed by atoms with Gasteiger partial charge in [-0.3, -0.25) is 9.69 Å². The number of furan rings is 1. The molecule has 2 heterocycles. The van der Waals surface area contributed by atoms with Gasteiger partial charge in [0.25, 0.3) is 5.56 Å². The third-order valence-electron chi connectivity index (χ3n) is 4.95. The number of nitrogens with zero attached hydrogens (tertiary/aromatic N) is 3. The standard InChI is InChI=1S/C23H22BrN3O2/c1-15-8-9-16(2)20(12-15)22-18-6-4-5-7-19(18)23(28)27(25-22)14-26(3)13-17-10-11-21(24)29-17/h4-12H,13-14H2,1-3H3. The minimum absolute atomic E-state index is 0.0952. The summed E-state index contributed by atoms with van der Waals surface area (Å²) in [6.45, 7) is 5.07. The molecule has 0 spiro atoms. The van der Waals surface area contributed by atoms with Crippen molar-refractivity contribution in [2.75, 3.05) is 7.05 Å². The van der Waals surface area contributed by atoms with Gasteiger partial charge in [-0.2, -0.15) is 5.10 Å². The van der Waals surface area contributed by atoms with Gasteiger partial charge in [0.05, 0.1) is 24.3 Å². The Morgan fingerprint density at radius 3 is 2.55 bits per heavy atom. The summed E-state index contributed by atoms with van der Waals surface area (Å²) in [6.07, 6.45) is 0. The van der Waals surface area contributed by atoms with Crippen LogP contribution in [-0.4, -0.2) is 21.7 Å². The number of aromatic nitrogens is 2. The fourth-order valence-corrected chi connectivity index (χ4v) is 3.84. The molecule has 0 atom stereocenters. The minimum Gasteiger partial charge on any atom is -0.453 e. The molecule has 0 N–H and O–H groups in total. The van der Waals surface area contributed by atoms with E-state index in [9.17, 15) is 4.79 Å². The van der Waals surface area contributed by atoms with Gasteiger partial charge in [-0.1, -0.05) is 35.9 Å². The summed E-state index contributed by atoms with van der Waals surface area (Å²) in [4.78, 5) is 15.1. The van der Waals surface area contributed by atoms with Gasteiger partial charge in [-0.25, -0.2) is 4.68 Å². The van der Waals surface area contributed by atoms with E-state index in [0.29, 0.717) is 23.3 Å². The first-order chi connectivity index (χ1) is 13.9. The van der Waals surface area contributed by atoms with Crippen molar-refractivity contribution in [3.8, 4) is 11.3 Å². The van der Waals surface area contributed by atoms with Crippen molar-refractivity contribution in [2.24, 2.45) is 0 Å². The number of aryl methyl sites for hydroxylation is 2. The Hall–Kier alpha value is -2.70. The molecule has 0 unspecified atom stereocenters. The van der Waals surface area contributed by atoms with Crippen molar-refractivity contribution in [1.82, 2.24) is 14.7 Å². The van der Waals surface area contributed by atoms with Crippen LogP contribution in [0.1, 0.15) is 16.9 Å². The topological polar surface area (TPSA) is 51.3 Å². The van der Waals surface area contributed by atoms with Gasteiger partial charge in [-0.05, 0) is 66.7 Å². The molecule has 0 saturated heterocycles. The fraction of sp³-hybridized carbons (Fsp3) is 0.217. The number of hydrogen-bond acceptors (Lipinski definition) is 4. The van der Waals surface area contributed by atoms with Crippen molar-refractivity contribution in [1.29, 1.82) is 0 Å². The van der Waals surface area contributed by atoms with Crippen LogP contribution >= 0.6 is 15.9 Å². The van der Waals surface area contributed by atoms with Gasteiger partial charge in [0.2, 0.25) is 0 Å². The van der Waals surface area contributed by atoms with E-state index < -0.39 is 0 Å². The number of rotatable bonds is 5. The Bertz CT molecular complexity index is 1240. The number of halogens is 1. The maximum Gasteiger partial charge on any atom is 0.275 e. The molecule has 0 aliphatic heterocycles. The smallest absolute Gasteiger partial charge is 0.275 e. The first-order valence-electron chi connectivity index (χ1n) is 9.42. The lowest BCUT2D eigenvalue weighted by atomic mass is 9.99. The van der Waals surface area contributed by atoms with E-state index in [2.05, 4.69) is 48.0 Å². The van der Waals surface area contributed by atoms with Crippen molar-refractivity contribution in [3.05, 3.63) is 86.5 Å². The van der Waals surface area contributed by atoms with Crippen molar-refractivity contribution < 1.29 is 4.42 Å². The Kier molecular flexibility index (Phi) is 5.39. The van der Waals surface area contributed by atoms with E-state index >= 15 is 0 Å². The summed E-state index contributed by atoms with van der Waals surface area (Å²) < 4.78 is 7.81. The molecule has 0 aliphatic rings. The summed E-state index contributed by atoms with van der Waals surface area (Å²) in [6, 6.07) is 17.8. The Labute approximate surface area is 177 Å². The van der Waals surface area contributed by atoms with Gasteiger partial charge in [0.1, 0.15) is 5.76 Å². The average molecular weight is 452 g/mol. The summed E-state index contributed by atoms with van der Waals surface area (Å²) in [7, 11) is 1.94. The summed E-state index contributed by atoms with van der Waals surface area (Å²) >= 11 is 3.32. The third-order valence-corrected chi connectivity index (χ3v) is 5.37. The zero-order chi connectivity index (χ0) is 20.5. The highest BCUT2D eigenvalue weighted by Crippen LogP contribution is 2.28. The van der Waals surface area contributed by atoms with Crippen LogP contribution in [0.15, 0.2) is 68.5 Å². The molecular weight excluding hydrogens is 430 g/mol. The molecule has 4 aromatic rings. The largest absolute Gasteiger partial charge is 0.453 e. The quantitative estimate of drug-likeness (QED) is 0.422. The predicted octanol–water partition coefficient (Wildman–Crippen LogP) is 5.13. The second kappa shape index (κ2) is 7.97. The van der Waals surface area contributed by atoms with Crippen LogP contribution < -0.4 is 5.56 Å². The monoisotopic (exact) mass is 451 g/mol. The highest BCUT2D eigenvalue weighted by atomic mass is 79.9. The lowest BCUT2D eigenvalue weighted by molar-refractivity contribution is 0.222. The zero-order valence-electron chi connectivity index (χ0n) is 16.6. The molecule has 29 heavy (non-hydrogen) atoms. The lowest BCUT2D eigenvalue weighted by Gasteiger charge is -2.18. The summed E-state index contributed by atoms with van der Waals surface area (Å²) in [5, 5.41) is 6.33. The molecule has 2 aromatic carbocycles. The molecule has 0 amide bonds. The third kappa shape index (κ3) is 4.04. The van der Waals surface area contributed by atoms with E-state index in [-0.39, 0.29) is 5.56 Å². The SMILES string of the molecule is Cc1ccc(C)c(-c2nn(CN(C)Cc3ccc(Br)o3)c(=O)c3ccccc23)c1. The van der Waals surface area contributed by atoms with E-state index in [1.807, 2.05) is 48.3 Å². The molecule has 0 aliphatic carbocycles. The second-order valence-corrected chi connectivity index (χ2v) is 8.16. The van der Waals surface area contributed by atoms with Crippen molar-refractivity contribution in [3.63, 3.8) is 0 Å². The maximum absolute atomic E-state index is 13.1. The Morgan fingerprint density at radius 2 is 1.83 bits per heavy atom. The first-order valence-corrected chi connectivity index (χ1v) is 10.2. The molecule has 5 nitrogen and oxygen atoms in total. The molecule has 0 fully saturated rings. The van der Waals surface area contributed by atoms with E-state index in [1.54, 1.807) is 0 Å². The van der Waals surface area contributed by atoms with Crippen LogP contribution in [0, 0.1) is 13.8 Å². The van der Waals surface area contributed by atoms with Crippen LogP contribution in [-0.2, 0) is 13.2 Å². The molecule has 0 saturated carbocycles. The highest BCUT2D eigenvalue weighted by Gasteiger charge is 2.15. The highest BCUT2D eigenvalue weighted by molar-refractivity contribution is 9.10. The van der Waals surface area contributed by atoms with E-state index in [0.717, 1.165) is 33.5 Å². The van der Waals surface area contributed by atoms with Gasteiger partial charge < -0.3 is 4.42 Å². The normalized spacial score (nSPS) is 11.5. The van der Waals surface area contributed by atoms with Crippen LogP contribution in [0.4, 0.5) is 0 Å². The van der Waals surface area contributed by atoms with Crippen molar-refractivity contribution >= 4 is 26.7 Å². The zero-order valence-corrected chi connectivity index (χ0v) is 18.2. The minimum atomic E-state index is -0.0952. The van der Waals surface area contributed by atoms with Gasteiger partial charge >= 0.3 is 0 Å². The predicted molar refractivity (Wildman–Crippen MR) is 119 cm³/mol. The van der Waals surface area contributed by atoms with Crippen LogP contribution in [0.3, 0.4) is 0 Å². The molecule has 0 radical (unpaired) electrons. The van der Waals surface area contributed by atoms with Gasteiger partial charge in [0, 0.05) is 10.9 Å². The van der Waals surface area contributed by atoms with E-state index in [4.69, 9.17) is 9.52 Å². The number of hydrogen-bond donors (Lipinski definition) is 0. The summed E-state index contributed by atoms with van der Waals surface area (Å²) in [5.41, 5.74) is 4.08. The Balaban J connectivity index is 1.79. The molecule has 148 valence electrons. The van der Waals surface area contributed by atoms with Crippen LogP contribution in [0.2, 0.25) is 0 Å². The molecular formula is C23H22BrN3O2. The molecule has 4 rings (SSSR count). The molecule has 6 heteroatoms. The van der Waals surface area contributed by atoms with Gasteiger partial charge in [0.15, 0.2) is 4.67 Å². The van der Waals surface area contributed by atoms with Crippen molar-refractivity contribution in [2.45, 2.75) is 27.1 Å². The first kappa shape index (κ1) is 19.6. The number of benzene rings is 2. The molecule has 2 aromatic heterocycles. The fourth-order valence-electron chi connectivity index (χ4n) is 3.50. The van der Waals surface area contributed by atoms with E-state index in [1.165, 1.54) is 4.68 Å². The van der Waals surface area contributed by atoms with Gasteiger partial charge in [-0.15, -0.1) is 0 Å². The average Bonchev–Trinajstić information content (AvgIpc) is 3.10. The Morgan fingerprint density at radius 1 is 1.07 bits per heavy atom. The lowest BCUT2D eigenvalue weighted by Crippen LogP contribution is -2.32. The second-order valence-electron chi connectivity index (χ2n) is 7.38. The molecule has 0 bridgehead atoms. The van der Waals surface area contributed by atoms with Crippen LogP contribution in [0.5, 0.6) is 0 Å². The maximum atomic E-state index is 13.1. The van der Waals surface area contributed by atoms with Crippen LogP contribution in [0.25, 0.3) is 22.0 Å². The number of fused-ring (bicyclic) bond motifs is 1.